The van der Waals surface area contributed by atoms with E-state index in [1.807, 2.05) is 13.1 Å². The summed E-state index contributed by atoms with van der Waals surface area (Å²) < 4.78 is 18.9. The summed E-state index contributed by atoms with van der Waals surface area (Å²) in [7, 11) is 3.66. The Labute approximate surface area is 102 Å². The molecule has 3 nitrogen and oxygen atoms in total. The van der Waals surface area contributed by atoms with Crippen molar-refractivity contribution in [3.05, 3.63) is 35.1 Å². The molecule has 0 aliphatic carbocycles. The number of hydrogen-bond acceptors (Lipinski definition) is 3. The summed E-state index contributed by atoms with van der Waals surface area (Å²) in [5, 5.41) is 0. The first-order valence-electron chi connectivity index (χ1n) is 5.82. The van der Waals surface area contributed by atoms with Crippen LogP contribution in [0.25, 0.3) is 0 Å². The average Bonchev–Trinajstić information content (AvgIpc) is 2.32. The van der Waals surface area contributed by atoms with Crippen LogP contribution in [0.4, 0.5) is 4.39 Å². The van der Waals surface area contributed by atoms with Crippen LogP contribution in [0, 0.1) is 5.82 Å². The van der Waals surface area contributed by atoms with Gasteiger partial charge in [-0.2, -0.15) is 0 Å². The first-order valence-corrected chi connectivity index (χ1v) is 5.82. The fourth-order valence-corrected chi connectivity index (χ4v) is 1.76. The van der Waals surface area contributed by atoms with E-state index in [9.17, 15) is 4.39 Å². The highest BCUT2D eigenvalue weighted by molar-refractivity contribution is 5.25. The van der Waals surface area contributed by atoms with E-state index in [0.29, 0.717) is 17.7 Å². The van der Waals surface area contributed by atoms with E-state index in [-0.39, 0.29) is 12.4 Å². The zero-order chi connectivity index (χ0) is 12.7. The Hall–Kier alpha value is -0.970. The number of methoxy groups -OCH3 is 1. The molecule has 0 aliphatic heterocycles. The van der Waals surface area contributed by atoms with Gasteiger partial charge in [-0.05, 0) is 13.5 Å². The topological polar surface area (TPSA) is 38.5 Å². The van der Waals surface area contributed by atoms with Crippen molar-refractivity contribution in [3.63, 3.8) is 0 Å². The molecule has 0 fully saturated rings. The lowest BCUT2D eigenvalue weighted by molar-refractivity contribution is 0.177. The highest BCUT2D eigenvalue weighted by Gasteiger charge is 2.08. The molecular weight excluding hydrogens is 219 g/mol. The Balaban J connectivity index is 2.55. The number of ether oxygens (including phenoxy) is 1. The van der Waals surface area contributed by atoms with Crippen LogP contribution in [-0.2, 0) is 17.8 Å². The van der Waals surface area contributed by atoms with E-state index in [4.69, 9.17) is 10.5 Å². The molecule has 0 amide bonds. The van der Waals surface area contributed by atoms with Gasteiger partial charge in [0.1, 0.15) is 5.82 Å². The summed E-state index contributed by atoms with van der Waals surface area (Å²) in [5.74, 6) is -0.173. The third-order valence-electron chi connectivity index (χ3n) is 2.71. The summed E-state index contributed by atoms with van der Waals surface area (Å²) in [6.45, 7) is 2.46. The van der Waals surface area contributed by atoms with Gasteiger partial charge >= 0.3 is 0 Å². The molecule has 96 valence electrons. The second kappa shape index (κ2) is 7.37. The molecule has 0 saturated heterocycles. The molecule has 1 rings (SSSR count). The first-order chi connectivity index (χ1) is 8.19. The van der Waals surface area contributed by atoms with Gasteiger partial charge in [-0.25, -0.2) is 4.39 Å². The van der Waals surface area contributed by atoms with Crippen LogP contribution >= 0.6 is 0 Å². The third kappa shape index (κ3) is 4.42. The van der Waals surface area contributed by atoms with Gasteiger partial charge in [0, 0.05) is 44.5 Å². The second-order valence-corrected chi connectivity index (χ2v) is 4.18. The molecule has 0 bridgehead atoms. The Morgan fingerprint density at radius 1 is 1.35 bits per heavy atom. The van der Waals surface area contributed by atoms with Gasteiger partial charge in [-0.15, -0.1) is 0 Å². The molecule has 4 heteroatoms. The minimum Gasteiger partial charge on any atom is -0.385 e. The number of halogens is 1. The van der Waals surface area contributed by atoms with Crippen LogP contribution in [0.15, 0.2) is 18.2 Å². The van der Waals surface area contributed by atoms with Crippen molar-refractivity contribution in [3.8, 4) is 0 Å². The van der Waals surface area contributed by atoms with Crippen molar-refractivity contribution in [2.24, 2.45) is 5.73 Å². The number of hydrogen-bond donors (Lipinski definition) is 1. The molecular formula is C13H21FN2O. The van der Waals surface area contributed by atoms with Crippen LogP contribution in [0.3, 0.4) is 0 Å². The second-order valence-electron chi connectivity index (χ2n) is 4.18. The number of benzene rings is 1. The van der Waals surface area contributed by atoms with Crippen molar-refractivity contribution in [2.75, 3.05) is 27.3 Å². The molecule has 0 unspecified atom stereocenters. The predicted octanol–water partition coefficient (Wildman–Crippen LogP) is 1.75. The minimum absolute atomic E-state index is 0.173. The van der Waals surface area contributed by atoms with E-state index < -0.39 is 0 Å². The maximum Gasteiger partial charge on any atom is 0.132 e. The average molecular weight is 240 g/mol. The van der Waals surface area contributed by atoms with Gasteiger partial charge in [-0.3, -0.25) is 0 Å². The van der Waals surface area contributed by atoms with Crippen LogP contribution in [0.5, 0.6) is 0 Å². The number of rotatable bonds is 7. The predicted molar refractivity (Wildman–Crippen MR) is 67.1 cm³/mol. The molecule has 0 heterocycles. The van der Waals surface area contributed by atoms with Gasteiger partial charge in [0.25, 0.3) is 0 Å². The van der Waals surface area contributed by atoms with Crippen LogP contribution in [0.1, 0.15) is 17.5 Å². The summed E-state index contributed by atoms with van der Waals surface area (Å²) >= 11 is 0. The molecule has 17 heavy (non-hydrogen) atoms. The smallest absolute Gasteiger partial charge is 0.132 e. The zero-order valence-electron chi connectivity index (χ0n) is 10.6. The quantitative estimate of drug-likeness (QED) is 0.738. The Morgan fingerprint density at radius 2 is 2.06 bits per heavy atom. The minimum atomic E-state index is -0.173. The van der Waals surface area contributed by atoms with Crippen molar-refractivity contribution in [1.29, 1.82) is 0 Å². The lowest BCUT2D eigenvalue weighted by Gasteiger charge is -2.17. The summed E-state index contributed by atoms with van der Waals surface area (Å²) in [5.41, 5.74) is 6.76. The van der Waals surface area contributed by atoms with Crippen molar-refractivity contribution in [2.45, 2.75) is 19.5 Å². The van der Waals surface area contributed by atoms with E-state index in [1.54, 1.807) is 19.2 Å². The van der Waals surface area contributed by atoms with Gasteiger partial charge < -0.3 is 15.4 Å². The van der Waals surface area contributed by atoms with E-state index in [0.717, 1.165) is 19.6 Å². The van der Waals surface area contributed by atoms with E-state index in [1.165, 1.54) is 0 Å². The third-order valence-corrected chi connectivity index (χ3v) is 2.71. The molecule has 0 radical (unpaired) electrons. The molecule has 0 aromatic heterocycles. The number of nitrogens with zero attached hydrogens (tertiary/aromatic N) is 1. The molecule has 0 aliphatic rings. The standard InChI is InChI=1S/C13H21FN2O/c1-16(7-4-8-17-2)10-12-6-3-5-11(9-15)13(12)14/h3,5-6H,4,7-10,15H2,1-2H3. The Morgan fingerprint density at radius 3 is 2.71 bits per heavy atom. The summed E-state index contributed by atoms with van der Waals surface area (Å²) in [6, 6.07) is 5.38. The van der Waals surface area contributed by atoms with Crippen molar-refractivity contribution in [1.82, 2.24) is 4.90 Å². The van der Waals surface area contributed by atoms with Gasteiger partial charge in [-0.1, -0.05) is 18.2 Å². The van der Waals surface area contributed by atoms with Crippen LogP contribution in [-0.4, -0.2) is 32.2 Å². The van der Waals surface area contributed by atoms with E-state index >= 15 is 0 Å². The highest BCUT2D eigenvalue weighted by Crippen LogP contribution is 2.14. The van der Waals surface area contributed by atoms with Gasteiger partial charge in [0.15, 0.2) is 0 Å². The van der Waals surface area contributed by atoms with E-state index in [2.05, 4.69) is 4.90 Å². The van der Waals surface area contributed by atoms with Gasteiger partial charge in [0.05, 0.1) is 0 Å². The monoisotopic (exact) mass is 240 g/mol. The lowest BCUT2D eigenvalue weighted by Crippen LogP contribution is -2.21. The maximum absolute atomic E-state index is 13.9. The Bertz CT molecular complexity index is 344. The summed E-state index contributed by atoms with van der Waals surface area (Å²) in [6.07, 6.45) is 0.950. The lowest BCUT2D eigenvalue weighted by atomic mass is 10.1. The zero-order valence-corrected chi connectivity index (χ0v) is 10.6. The maximum atomic E-state index is 13.9. The normalized spacial score (nSPS) is 11.1. The largest absolute Gasteiger partial charge is 0.385 e. The summed E-state index contributed by atoms with van der Waals surface area (Å²) in [4.78, 5) is 2.08. The molecule has 2 N–H and O–H groups in total. The Kier molecular flexibility index (Phi) is 6.11. The van der Waals surface area contributed by atoms with Gasteiger partial charge in [0.2, 0.25) is 0 Å². The highest BCUT2D eigenvalue weighted by atomic mass is 19.1. The molecule has 0 saturated carbocycles. The van der Waals surface area contributed by atoms with Crippen molar-refractivity contribution < 1.29 is 9.13 Å². The molecule has 0 spiro atoms. The molecule has 1 aromatic rings. The van der Waals surface area contributed by atoms with Crippen molar-refractivity contribution >= 4 is 0 Å². The van der Waals surface area contributed by atoms with Crippen LogP contribution < -0.4 is 5.73 Å². The first kappa shape index (κ1) is 14.1. The molecule has 1 aromatic carbocycles. The molecule has 0 atom stereocenters. The number of nitrogens with two attached hydrogens (primary N) is 1. The fourth-order valence-electron chi connectivity index (χ4n) is 1.76. The van der Waals surface area contributed by atoms with Crippen LogP contribution in [0.2, 0.25) is 0 Å². The fraction of sp³-hybridized carbons (Fsp3) is 0.538. The SMILES string of the molecule is COCCCN(C)Cc1cccc(CN)c1F.